The second kappa shape index (κ2) is 31.4. The van der Waals surface area contributed by atoms with Crippen molar-refractivity contribution in [3.63, 3.8) is 0 Å². The van der Waals surface area contributed by atoms with E-state index in [-0.39, 0.29) is 11.8 Å². The molecule has 5 nitrogen and oxygen atoms in total. The standard InChI is InChI=1S/C34H69N3O2/c1-4-7-10-12-14-16-18-20-22-24-28-35-33(38)26-31-37(30-9-6-3)32-27-34(39)36-29-25-23-21-19-17-15-13-11-8-5-2/h4-32H2,1-3H3,(H,35,38)(H,36,39). The van der Waals surface area contributed by atoms with Crippen LogP contribution < -0.4 is 10.6 Å². The van der Waals surface area contributed by atoms with Gasteiger partial charge in [0, 0.05) is 39.0 Å². The van der Waals surface area contributed by atoms with Crippen molar-refractivity contribution < 1.29 is 9.59 Å². The van der Waals surface area contributed by atoms with Crippen LogP contribution in [0.1, 0.15) is 175 Å². The zero-order valence-corrected chi connectivity index (χ0v) is 26.8. The molecule has 2 N–H and O–H groups in total. The minimum atomic E-state index is 0.151. The van der Waals surface area contributed by atoms with Gasteiger partial charge in [-0.25, -0.2) is 0 Å². The molecule has 0 radical (unpaired) electrons. The highest BCUT2D eigenvalue weighted by molar-refractivity contribution is 5.76. The number of carbonyl (C=O) groups is 2. The van der Waals surface area contributed by atoms with Crippen LogP contribution in [0.5, 0.6) is 0 Å². The molecule has 0 fully saturated rings. The molecule has 0 saturated heterocycles. The second-order valence-electron chi connectivity index (χ2n) is 11.8. The average Bonchev–Trinajstić information content (AvgIpc) is 2.94. The summed E-state index contributed by atoms with van der Waals surface area (Å²) in [5.74, 6) is 0.302. The molecule has 0 aromatic rings. The van der Waals surface area contributed by atoms with Crippen LogP contribution in [0.15, 0.2) is 0 Å². The molecule has 0 unspecified atom stereocenters. The van der Waals surface area contributed by atoms with Gasteiger partial charge in [-0.05, 0) is 25.8 Å². The van der Waals surface area contributed by atoms with Gasteiger partial charge in [0.05, 0.1) is 0 Å². The quantitative estimate of drug-likeness (QED) is 0.0845. The molecule has 0 atom stereocenters. The van der Waals surface area contributed by atoms with E-state index in [0.717, 1.165) is 58.4 Å². The molecular formula is C34H69N3O2. The third kappa shape index (κ3) is 29.7. The lowest BCUT2D eigenvalue weighted by Crippen LogP contribution is -2.35. The summed E-state index contributed by atoms with van der Waals surface area (Å²) in [5.41, 5.74) is 0. The van der Waals surface area contributed by atoms with Gasteiger partial charge in [0.2, 0.25) is 11.8 Å². The molecule has 0 saturated carbocycles. The van der Waals surface area contributed by atoms with E-state index in [1.807, 2.05) is 0 Å². The Morgan fingerprint density at radius 1 is 0.410 bits per heavy atom. The Labute approximate surface area is 244 Å². The van der Waals surface area contributed by atoms with E-state index in [4.69, 9.17) is 0 Å². The van der Waals surface area contributed by atoms with Crippen LogP contribution in [0, 0.1) is 0 Å². The van der Waals surface area contributed by atoms with Crippen LogP contribution in [0.4, 0.5) is 0 Å². The summed E-state index contributed by atoms with van der Waals surface area (Å²) >= 11 is 0. The first-order valence-electron chi connectivity index (χ1n) is 17.4. The van der Waals surface area contributed by atoms with Crippen LogP contribution in [-0.2, 0) is 9.59 Å². The van der Waals surface area contributed by atoms with Gasteiger partial charge in [-0.15, -0.1) is 0 Å². The number of nitrogens with one attached hydrogen (secondary N) is 2. The van der Waals surface area contributed by atoms with Crippen molar-refractivity contribution >= 4 is 11.8 Å². The molecule has 0 aromatic carbocycles. The second-order valence-corrected chi connectivity index (χ2v) is 11.8. The number of carbonyl (C=O) groups excluding carboxylic acids is 2. The fourth-order valence-electron chi connectivity index (χ4n) is 5.09. The lowest BCUT2D eigenvalue weighted by Gasteiger charge is -2.21. The summed E-state index contributed by atoms with van der Waals surface area (Å²) in [6, 6.07) is 0. The molecule has 232 valence electrons. The van der Waals surface area contributed by atoms with Crippen molar-refractivity contribution in [2.24, 2.45) is 0 Å². The van der Waals surface area contributed by atoms with Crippen molar-refractivity contribution in [3.8, 4) is 0 Å². The van der Waals surface area contributed by atoms with Gasteiger partial charge in [0.15, 0.2) is 0 Å². The Bertz CT molecular complexity index is 485. The monoisotopic (exact) mass is 552 g/mol. The van der Waals surface area contributed by atoms with Crippen LogP contribution >= 0.6 is 0 Å². The Kier molecular flexibility index (Phi) is 30.5. The molecule has 5 heteroatoms. The maximum atomic E-state index is 12.3. The molecule has 39 heavy (non-hydrogen) atoms. The van der Waals surface area contributed by atoms with Gasteiger partial charge in [-0.1, -0.05) is 143 Å². The third-order valence-electron chi connectivity index (χ3n) is 7.84. The molecule has 0 aliphatic rings. The van der Waals surface area contributed by atoms with Gasteiger partial charge >= 0.3 is 0 Å². The highest BCUT2D eigenvalue weighted by Crippen LogP contribution is 2.11. The molecule has 0 rings (SSSR count). The number of nitrogens with zero attached hydrogens (tertiary/aromatic N) is 1. The van der Waals surface area contributed by atoms with E-state index >= 15 is 0 Å². The minimum Gasteiger partial charge on any atom is -0.356 e. The largest absolute Gasteiger partial charge is 0.356 e. The number of hydrogen-bond donors (Lipinski definition) is 2. The predicted molar refractivity (Wildman–Crippen MR) is 170 cm³/mol. The molecular weight excluding hydrogens is 482 g/mol. The Balaban J connectivity index is 3.76. The van der Waals surface area contributed by atoms with E-state index in [9.17, 15) is 9.59 Å². The Hall–Kier alpha value is -1.10. The lowest BCUT2D eigenvalue weighted by atomic mass is 10.1. The molecule has 0 bridgehead atoms. The fraction of sp³-hybridized carbons (Fsp3) is 0.941. The van der Waals surface area contributed by atoms with Crippen LogP contribution in [0.25, 0.3) is 0 Å². The summed E-state index contributed by atoms with van der Waals surface area (Å²) in [7, 11) is 0. The summed E-state index contributed by atoms with van der Waals surface area (Å²) in [6.07, 6.45) is 29.6. The Morgan fingerprint density at radius 2 is 0.718 bits per heavy atom. The first-order chi connectivity index (χ1) is 19.1. The number of rotatable bonds is 31. The van der Waals surface area contributed by atoms with Crippen molar-refractivity contribution in [1.82, 2.24) is 15.5 Å². The van der Waals surface area contributed by atoms with E-state index in [1.165, 1.54) is 116 Å². The van der Waals surface area contributed by atoms with Gasteiger partial charge in [-0.2, -0.15) is 0 Å². The predicted octanol–water partition coefficient (Wildman–Crippen LogP) is 8.94. The van der Waals surface area contributed by atoms with Crippen LogP contribution in [-0.4, -0.2) is 49.4 Å². The highest BCUT2D eigenvalue weighted by Gasteiger charge is 2.10. The lowest BCUT2D eigenvalue weighted by molar-refractivity contribution is -0.121. The summed E-state index contributed by atoms with van der Waals surface area (Å²) in [4.78, 5) is 27.0. The van der Waals surface area contributed by atoms with E-state index in [0.29, 0.717) is 12.8 Å². The maximum Gasteiger partial charge on any atom is 0.221 e. The third-order valence-corrected chi connectivity index (χ3v) is 7.84. The number of unbranched alkanes of at least 4 members (excludes halogenated alkanes) is 19. The van der Waals surface area contributed by atoms with Crippen molar-refractivity contribution in [3.05, 3.63) is 0 Å². The van der Waals surface area contributed by atoms with E-state index < -0.39 is 0 Å². The molecule has 0 aliphatic carbocycles. The van der Waals surface area contributed by atoms with Gasteiger partial charge in [0.25, 0.3) is 0 Å². The van der Waals surface area contributed by atoms with Crippen LogP contribution in [0.3, 0.4) is 0 Å². The number of amides is 2. The van der Waals surface area contributed by atoms with Gasteiger partial charge in [-0.3, -0.25) is 9.59 Å². The molecule has 0 aliphatic heterocycles. The summed E-state index contributed by atoms with van der Waals surface area (Å²) in [6.45, 7) is 10.8. The van der Waals surface area contributed by atoms with Crippen molar-refractivity contribution in [2.75, 3.05) is 32.7 Å². The van der Waals surface area contributed by atoms with Crippen molar-refractivity contribution in [1.29, 1.82) is 0 Å². The van der Waals surface area contributed by atoms with Crippen LogP contribution in [0.2, 0.25) is 0 Å². The molecule has 0 aromatic heterocycles. The number of hydrogen-bond acceptors (Lipinski definition) is 3. The van der Waals surface area contributed by atoms with Gasteiger partial charge in [0.1, 0.15) is 0 Å². The zero-order valence-electron chi connectivity index (χ0n) is 26.8. The minimum absolute atomic E-state index is 0.151. The molecule has 2 amide bonds. The smallest absolute Gasteiger partial charge is 0.221 e. The normalized spacial score (nSPS) is 11.3. The maximum absolute atomic E-state index is 12.3. The molecule has 0 spiro atoms. The van der Waals surface area contributed by atoms with Gasteiger partial charge < -0.3 is 15.5 Å². The summed E-state index contributed by atoms with van der Waals surface area (Å²) < 4.78 is 0. The highest BCUT2D eigenvalue weighted by atomic mass is 16.2. The topological polar surface area (TPSA) is 61.4 Å². The van der Waals surface area contributed by atoms with E-state index in [2.05, 4.69) is 36.3 Å². The molecule has 0 heterocycles. The van der Waals surface area contributed by atoms with E-state index in [1.54, 1.807) is 0 Å². The first-order valence-corrected chi connectivity index (χ1v) is 17.4. The van der Waals surface area contributed by atoms with Crippen molar-refractivity contribution in [2.45, 2.75) is 175 Å². The Morgan fingerprint density at radius 3 is 1.05 bits per heavy atom. The zero-order chi connectivity index (χ0) is 28.7. The fourth-order valence-corrected chi connectivity index (χ4v) is 5.09. The average molecular weight is 552 g/mol. The summed E-state index contributed by atoms with van der Waals surface area (Å²) in [5, 5.41) is 6.21. The first kappa shape index (κ1) is 37.9. The SMILES string of the molecule is CCCCCCCCCCCCNC(=O)CCN(CCCC)CCC(=O)NCCCCCCCCCCCC.